The maximum absolute atomic E-state index is 13.2. The lowest BCUT2D eigenvalue weighted by Crippen LogP contribution is -2.31. The quantitative estimate of drug-likeness (QED) is 0.778. The first-order valence-electron chi connectivity index (χ1n) is 7.96. The number of aliphatic hydroxyl groups excluding tert-OH is 1. The van der Waals surface area contributed by atoms with E-state index in [0.717, 1.165) is 17.5 Å². The molecular weight excluding hydrogens is 305 g/mol. The SMILES string of the molecule is CCC(C)(c1ccc(F)cc1)n1cc([C@H](O)c2ccccc2)nn1. The maximum atomic E-state index is 13.2. The van der Waals surface area contributed by atoms with Gasteiger partial charge < -0.3 is 5.11 Å². The molecule has 0 fully saturated rings. The number of aromatic nitrogens is 3. The van der Waals surface area contributed by atoms with E-state index in [-0.39, 0.29) is 5.82 Å². The zero-order valence-electron chi connectivity index (χ0n) is 13.7. The van der Waals surface area contributed by atoms with Gasteiger partial charge in [0.1, 0.15) is 17.6 Å². The second kappa shape index (κ2) is 6.53. The fraction of sp³-hybridized carbons (Fsp3) is 0.263. The molecule has 2 aromatic carbocycles. The molecule has 3 rings (SSSR count). The van der Waals surface area contributed by atoms with Crippen LogP contribution in [0.3, 0.4) is 0 Å². The molecule has 0 amide bonds. The molecule has 0 radical (unpaired) electrons. The molecule has 3 aromatic rings. The summed E-state index contributed by atoms with van der Waals surface area (Å²) in [6, 6.07) is 15.7. The van der Waals surface area contributed by atoms with E-state index in [4.69, 9.17) is 0 Å². The summed E-state index contributed by atoms with van der Waals surface area (Å²) in [5.41, 5.74) is 1.74. The number of rotatable bonds is 5. The van der Waals surface area contributed by atoms with Crippen LogP contribution in [-0.2, 0) is 5.54 Å². The van der Waals surface area contributed by atoms with Gasteiger partial charge in [-0.1, -0.05) is 54.6 Å². The first-order valence-corrected chi connectivity index (χ1v) is 7.96. The van der Waals surface area contributed by atoms with E-state index in [1.165, 1.54) is 12.1 Å². The highest BCUT2D eigenvalue weighted by Crippen LogP contribution is 2.30. The minimum Gasteiger partial charge on any atom is -0.382 e. The lowest BCUT2D eigenvalue weighted by atomic mass is 9.89. The Kier molecular flexibility index (Phi) is 4.44. The summed E-state index contributed by atoms with van der Waals surface area (Å²) in [6.45, 7) is 4.06. The van der Waals surface area contributed by atoms with Crippen molar-refractivity contribution in [1.82, 2.24) is 15.0 Å². The van der Waals surface area contributed by atoms with Crippen LogP contribution in [0.4, 0.5) is 4.39 Å². The highest BCUT2D eigenvalue weighted by molar-refractivity contribution is 5.27. The van der Waals surface area contributed by atoms with Gasteiger partial charge in [-0.15, -0.1) is 5.10 Å². The van der Waals surface area contributed by atoms with Gasteiger partial charge in [-0.3, -0.25) is 0 Å². The van der Waals surface area contributed by atoms with E-state index in [1.54, 1.807) is 23.0 Å². The molecule has 24 heavy (non-hydrogen) atoms. The fourth-order valence-corrected chi connectivity index (χ4v) is 2.76. The molecule has 2 atom stereocenters. The van der Waals surface area contributed by atoms with Crippen molar-refractivity contribution < 1.29 is 9.50 Å². The lowest BCUT2D eigenvalue weighted by molar-refractivity contribution is 0.215. The third kappa shape index (κ3) is 2.95. The minimum atomic E-state index is -0.825. The second-order valence-corrected chi connectivity index (χ2v) is 6.04. The van der Waals surface area contributed by atoms with Gasteiger partial charge in [0.25, 0.3) is 0 Å². The summed E-state index contributed by atoms with van der Waals surface area (Å²) >= 11 is 0. The Balaban J connectivity index is 1.94. The van der Waals surface area contributed by atoms with Crippen LogP contribution in [0.15, 0.2) is 60.8 Å². The summed E-state index contributed by atoms with van der Waals surface area (Å²) in [4.78, 5) is 0. The molecule has 1 N–H and O–H groups in total. The van der Waals surface area contributed by atoms with Gasteiger partial charge in [0, 0.05) is 0 Å². The van der Waals surface area contributed by atoms with Crippen LogP contribution in [0.2, 0.25) is 0 Å². The topological polar surface area (TPSA) is 50.9 Å². The van der Waals surface area contributed by atoms with Gasteiger partial charge in [0.2, 0.25) is 0 Å². The molecule has 5 heteroatoms. The van der Waals surface area contributed by atoms with E-state index in [2.05, 4.69) is 10.3 Å². The standard InChI is InChI=1S/C19H20FN3O/c1-3-19(2,15-9-11-16(20)12-10-15)23-13-17(21-22-23)18(24)14-7-5-4-6-8-14/h4-13,18,24H,3H2,1-2H3/t18-,19?/m1/s1. The summed E-state index contributed by atoms with van der Waals surface area (Å²) in [7, 11) is 0. The van der Waals surface area contributed by atoms with E-state index in [0.29, 0.717) is 5.69 Å². The van der Waals surface area contributed by atoms with Gasteiger partial charge >= 0.3 is 0 Å². The van der Waals surface area contributed by atoms with E-state index >= 15 is 0 Å². The number of nitrogens with zero attached hydrogens (tertiary/aromatic N) is 3. The van der Waals surface area contributed by atoms with Gasteiger partial charge in [0.05, 0.1) is 11.7 Å². The molecule has 124 valence electrons. The summed E-state index contributed by atoms with van der Waals surface area (Å²) < 4.78 is 14.9. The van der Waals surface area contributed by atoms with Crippen molar-refractivity contribution in [3.8, 4) is 0 Å². The molecule has 4 nitrogen and oxygen atoms in total. The Morgan fingerprint density at radius 1 is 1.12 bits per heavy atom. The van der Waals surface area contributed by atoms with Crippen molar-refractivity contribution in [2.45, 2.75) is 31.9 Å². The van der Waals surface area contributed by atoms with Crippen LogP contribution in [0.1, 0.15) is 43.2 Å². The Hall–Kier alpha value is -2.53. The Morgan fingerprint density at radius 2 is 1.79 bits per heavy atom. The second-order valence-electron chi connectivity index (χ2n) is 6.04. The van der Waals surface area contributed by atoms with Gasteiger partial charge in [-0.05, 0) is 36.6 Å². The average Bonchev–Trinajstić information content (AvgIpc) is 3.12. The summed E-state index contributed by atoms with van der Waals surface area (Å²) in [6.07, 6.45) is 1.68. The van der Waals surface area contributed by atoms with E-state index in [1.807, 2.05) is 44.2 Å². The molecule has 1 heterocycles. The molecule has 0 spiro atoms. The Labute approximate surface area is 140 Å². The molecule has 0 saturated carbocycles. The van der Waals surface area contributed by atoms with Crippen molar-refractivity contribution in [2.75, 3.05) is 0 Å². The van der Waals surface area contributed by atoms with Gasteiger partial charge in [-0.25, -0.2) is 9.07 Å². The molecule has 0 aliphatic heterocycles. The lowest BCUT2D eigenvalue weighted by Gasteiger charge is -2.28. The van der Waals surface area contributed by atoms with Crippen LogP contribution >= 0.6 is 0 Å². The molecule has 0 aliphatic rings. The molecule has 0 aliphatic carbocycles. The van der Waals surface area contributed by atoms with Gasteiger partial charge in [-0.2, -0.15) is 0 Å². The zero-order valence-corrected chi connectivity index (χ0v) is 13.7. The number of aliphatic hydroxyl groups is 1. The van der Waals surface area contributed by atoms with Crippen LogP contribution in [0, 0.1) is 5.82 Å². The first-order chi connectivity index (χ1) is 11.5. The first kappa shape index (κ1) is 16.3. The number of benzene rings is 2. The largest absolute Gasteiger partial charge is 0.382 e. The minimum absolute atomic E-state index is 0.268. The van der Waals surface area contributed by atoms with Crippen LogP contribution in [0.5, 0.6) is 0 Å². The summed E-state index contributed by atoms with van der Waals surface area (Å²) in [5, 5.41) is 18.8. The third-order valence-corrected chi connectivity index (χ3v) is 4.57. The Bertz CT molecular complexity index is 801. The molecule has 0 bridgehead atoms. The van der Waals surface area contributed by atoms with Crippen molar-refractivity contribution in [3.63, 3.8) is 0 Å². The maximum Gasteiger partial charge on any atom is 0.124 e. The van der Waals surface area contributed by atoms with Crippen LogP contribution < -0.4 is 0 Å². The van der Waals surface area contributed by atoms with Crippen LogP contribution in [0.25, 0.3) is 0 Å². The van der Waals surface area contributed by atoms with Crippen molar-refractivity contribution >= 4 is 0 Å². The Morgan fingerprint density at radius 3 is 2.42 bits per heavy atom. The molecule has 1 aromatic heterocycles. The molecule has 0 saturated heterocycles. The molecular formula is C19H20FN3O. The average molecular weight is 325 g/mol. The van der Waals surface area contributed by atoms with Crippen molar-refractivity contribution in [1.29, 1.82) is 0 Å². The normalized spacial score (nSPS) is 15.0. The van der Waals surface area contributed by atoms with Crippen molar-refractivity contribution in [2.24, 2.45) is 0 Å². The monoisotopic (exact) mass is 325 g/mol. The number of hydrogen-bond donors (Lipinski definition) is 1. The molecule has 1 unspecified atom stereocenters. The number of halogens is 1. The smallest absolute Gasteiger partial charge is 0.124 e. The predicted octanol–water partition coefficient (Wildman–Crippen LogP) is 3.67. The van der Waals surface area contributed by atoms with E-state index in [9.17, 15) is 9.50 Å². The highest BCUT2D eigenvalue weighted by Gasteiger charge is 2.29. The highest BCUT2D eigenvalue weighted by atomic mass is 19.1. The fourth-order valence-electron chi connectivity index (χ4n) is 2.76. The number of hydrogen-bond acceptors (Lipinski definition) is 3. The van der Waals surface area contributed by atoms with Crippen LogP contribution in [-0.4, -0.2) is 20.1 Å². The predicted molar refractivity (Wildman–Crippen MR) is 90.0 cm³/mol. The van der Waals surface area contributed by atoms with E-state index < -0.39 is 11.6 Å². The van der Waals surface area contributed by atoms with Crippen molar-refractivity contribution in [3.05, 3.63) is 83.4 Å². The van der Waals surface area contributed by atoms with Gasteiger partial charge in [0.15, 0.2) is 0 Å². The zero-order chi connectivity index (χ0) is 17.2. The third-order valence-electron chi connectivity index (χ3n) is 4.57. The summed E-state index contributed by atoms with van der Waals surface area (Å²) in [5.74, 6) is -0.268.